The molecule has 1 aromatic heterocycles. The average molecular weight is 291 g/mol. The van der Waals surface area contributed by atoms with Gasteiger partial charge in [-0.2, -0.15) is 15.0 Å². The van der Waals surface area contributed by atoms with Crippen LogP contribution in [0.15, 0.2) is 0 Å². The molecule has 3 N–H and O–H groups in total. The largest absolute Gasteiger partial charge is 0.368 e. The zero-order valence-electron chi connectivity index (χ0n) is 12.9. The highest BCUT2D eigenvalue weighted by molar-refractivity contribution is 5.32. The molecule has 0 spiro atoms. The van der Waals surface area contributed by atoms with Gasteiger partial charge < -0.3 is 16.0 Å². The standard InChI is InChI=1S/C14H25N7/c1-20(2)14-18-12(17-13(15)19-14)9-21(11-5-6-11)8-10-4-3-7-16-10/h10-11,16H,3-9H2,1-2H3,(H2,15,17,18,19). The maximum atomic E-state index is 5.81. The van der Waals surface area contributed by atoms with Gasteiger partial charge in [-0.15, -0.1) is 0 Å². The van der Waals surface area contributed by atoms with Crippen LogP contribution >= 0.6 is 0 Å². The van der Waals surface area contributed by atoms with Crippen molar-refractivity contribution in [1.82, 2.24) is 25.2 Å². The van der Waals surface area contributed by atoms with Gasteiger partial charge in [-0.05, 0) is 32.2 Å². The summed E-state index contributed by atoms with van der Waals surface area (Å²) in [6.07, 6.45) is 5.12. The van der Waals surface area contributed by atoms with E-state index in [0.29, 0.717) is 24.0 Å². The van der Waals surface area contributed by atoms with Gasteiger partial charge in [0.05, 0.1) is 6.54 Å². The SMILES string of the molecule is CN(C)c1nc(N)nc(CN(CC2CCCN2)C2CC2)n1. The van der Waals surface area contributed by atoms with Gasteiger partial charge >= 0.3 is 0 Å². The highest BCUT2D eigenvalue weighted by atomic mass is 15.3. The number of nitrogen functional groups attached to an aromatic ring is 1. The second-order valence-corrected chi connectivity index (χ2v) is 6.26. The molecule has 116 valence electrons. The quantitative estimate of drug-likeness (QED) is 0.776. The molecule has 7 nitrogen and oxygen atoms in total. The maximum absolute atomic E-state index is 5.81. The topological polar surface area (TPSA) is 83.2 Å². The lowest BCUT2D eigenvalue weighted by Gasteiger charge is -2.25. The summed E-state index contributed by atoms with van der Waals surface area (Å²) in [5, 5.41) is 3.57. The van der Waals surface area contributed by atoms with Crippen LogP contribution in [-0.4, -0.2) is 59.1 Å². The van der Waals surface area contributed by atoms with Crippen molar-refractivity contribution in [2.45, 2.75) is 44.3 Å². The second-order valence-electron chi connectivity index (χ2n) is 6.26. The molecule has 1 aliphatic carbocycles. The number of aromatic nitrogens is 3. The summed E-state index contributed by atoms with van der Waals surface area (Å²) < 4.78 is 0. The minimum absolute atomic E-state index is 0.304. The predicted molar refractivity (Wildman–Crippen MR) is 83.0 cm³/mol. The number of nitrogens with one attached hydrogen (secondary N) is 1. The summed E-state index contributed by atoms with van der Waals surface area (Å²) in [5.74, 6) is 1.71. The van der Waals surface area contributed by atoms with Gasteiger partial charge in [0.2, 0.25) is 11.9 Å². The van der Waals surface area contributed by atoms with Gasteiger partial charge in [-0.3, -0.25) is 4.90 Å². The van der Waals surface area contributed by atoms with E-state index in [0.717, 1.165) is 25.5 Å². The Morgan fingerprint density at radius 2 is 2.00 bits per heavy atom. The van der Waals surface area contributed by atoms with E-state index >= 15 is 0 Å². The molecule has 1 atom stereocenters. The minimum Gasteiger partial charge on any atom is -0.368 e. The van der Waals surface area contributed by atoms with E-state index < -0.39 is 0 Å². The van der Waals surface area contributed by atoms with E-state index in [-0.39, 0.29) is 0 Å². The van der Waals surface area contributed by atoms with Crippen molar-refractivity contribution in [2.24, 2.45) is 0 Å². The Morgan fingerprint density at radius 1 is 1.19 bits per heavy atom. The van der Waals surface area contributed by atoms with Crippen molar-refractivity contribution in [3.8, 4) is 0 Å². The summed E-state index contributed by atoms with van der Waals surface area (Å²) in [4.78, 5) is 17.3. The highest BCUT2D eigenvalue weighted by Crippen LogP contribution is 2.28. The fourth-order valence-corrected chi connectivity index (χ4v) is 2.86. The van der Waals surface area contributed by atoms with Crippen molar-refractivity contribution in [2.75, 3.05) is 37.8 Å². The van der Waals surface area contributed by atoms with Crippen molar-refractivity contribution < 1.29 is 0 Å². The molecule has 3 rings (SSSR count). The Balaban J connectivity index is 1.69. The van der Waals surface area contributed by atoms with Crippen molar-refractivity contribution in [1.29, 1.82) is 0 Å². The molecule has 0 amide bonds. The van der Waals surface area contributed by atoms with Crippen LogP contribution in [-0.2, 0) is 6.54 Å². The first-order valence-electron chi connectivity index (χ1n) is 7.77. The fraction of sp³-hybridized carbons (Fsp3) is 0.786. The molecule has 7 heteroatoms. The molecule has 2 heterocycles. The smallest absolute Gasteiger partial charge is 0.229 e. The molecule has 1 aliphatic heterocycles. The molecule has 0 aromatic carbocycles. The molecule has 0 radical (unpaired) electrons. The van der Waals surface area contributed by atoms with E-state index in [2.05, 4.69) is 25.2 Å². The predicted octanol–water partition coefficient (Wildman–Crippen LogP) is 0.236. The number of nitrogens with two attached hydrogens (primary N) is 1. The molecule has 1 aromatic rings. The first-order valence-corrected chi connectivity index (χ1v) is 7.77. The first kappa shape index (κ1) is 14.5. The van der Waals surface area contributed by atoms with Gasteiger partial charge in [0.25, 0.3) is 0 Å². The number of anilines is 2. The molecule has 1 unspecified atom stereocenters. The molecule has 0 bridgehead atoms. The van der Waals surface area contributed by atoms with E-state index in [1.165, 1.54) is 25.7 Å². The third kappa shape index (κ3) is 3.79. The third-order valence-corrected chi connectivity index (χ3v) is 4.11. The molecule has 1 saturated heterocycles. The monoisotopic (exact) mass is 291 g/mol. The average Bonchev–Trinajstić information content (AvgIpc) is 3.16. The number of hydrogen-bond donors (Lipinski definition) is 2. The van der Waals surface area contributed by atoms with Crippen LogP contribution in [0.25, 0.3) is 0 Å². The summed E-state index contributed by atoms with van der Waals surface area (Å²) in [5.41, 5.74) is 5.81. The number of nitrogens with zero attached hydrogens (tertiary/aromatic N) is 5. The first-order chi connectivity index (χ1) is 10.1. The summed E-state index contributed by atoms with van der Waals surface area (Å²) in [7, 11) is 3.83. The zero-order valence-corrected chi connectivity index (χ0v) is 12.9. The van der Waals surface area contributed by atoms with Crippen LogP contribution in [0.4, 0.5) is 11.9 Å². The van der Waals surface area contributed by atoms with E-state index in [4.69, 9.17) is 5.73 Å². The molecular weight excluding hydrogens is 266 g/mol. The van der Waals surface area contributed by atoms with Gasteiger partial charge in [0.15, 0.2) is 0 Å². The van der Waals surface area contributed by atoms with Crippen molar-refractivity contribution >= 4 is 11.9 Å². The fourth-order valence-electron chi connectivity index (χ4n) is 2.86. The van der Waals surface area contributed by atoms with Crippen LogP contribution in [0.3, 0.4) is 0 Å². The van der Waals surface area contributed by atoms with Crippen molar-refractivity contribution in [3.05, 3.63) is 5.82 Å². The Bertz CT molecular complexity index is 480. The number of rotatable bonds is 6. The van der Waals surface area contributed by atoms with Gasteiger partial charge in [0, 0.05) is 32.7 Å². The van der Waals surface area contributed by atoms with E-state index in [9.17, 15) is 0 Å². The van der Waals surface area contributed by atoms with Crippen LogP contribution in [0.1, 0.15) is 31.5 Å². The van der Waals surface area contributed by atoms with Crippen LogP contribution in [0, 0.1) is 0 Å². The normalized spacial score (nSPS) is 22.0. The molecule has 2 aliphatic rings. The maximum Gasteiger partial charge on any atom is 0.229 e. The summed E-state index contributed by atoms with van der Waals surface area (Å²) >= 11 is 0. The molecular formula is C14H25N7. The van der Waals surface area contributed by atoms with Gasteiger partial charge in [-0.1, -0.05) is 0 Å². The van der Waals surface area contributed by atoms with Crippen molar-refractivity contribution in [3.63, 3.8) is 0 Å². The Hall–Kier alpha value is -1.47. The summed E-state index contributed by atoms with van der Waals surface area (Å²) in [6, 6.07) is 1.30. The van der Waals surface area contributed by atoms with Crippen LogP contribution < -0.4 is 16.0 Å². The molecule has 21 heavy (non-hydrogen) atoms. The zero-order chi connectivity index (χ0) is 14.8. The molecule has 1 saturated carbocycles. The van der Waals surface area contributed by atoms with Gasteiger partial charge in [-0.25, -0.2) is 0 Å². The lowest BCUT2D eigenvalue weighted by molar-refractivity contribution is 0.225. The Kier molecular flexibility index (Phi) is 4.21. The van der Waals surface area contributed by atoms with Crippen LogP contribution in [0.5, 0.6) is 0 Å². The minimum atomic E-state index is 0.304. The molecule has 2 fully saturated rings. The third-order valence-electron chi connectivity index (χ3n) is 4.11. The number of hydrogen-bond acceptors (Lipinski definition) is 7. The van der Waals surface area contributed by atoms with E-state index in [1.807, 2.05) is 19.0 Å². The van der Waals surface area contributed by atoms with Gasteiger partial charge in [0.1, 0.15) is 5.82 Å². The lowest BCUT2D eigenvalue weighted by Crippen LogP contribution is -2.39. The van der Waals surface area contributed by atoms with E-state index in [1.54, 1.807) is 0 Å². The lowest BCUT2D eigenvalue weighted by atomic mass is 10.2. The van der Waals surface area contributed by atoms with Crippen LogP contribution in [0.2, 0.25) is 0 Å². The highest BCUT2D eigenvalue weighted by Gasteiger charge is 2.32. The second kappa shape index (κ2) is 6.11. The Labute approximate surface area is 126 Å². The summed E-state index contributed by atoms with van der Waals surface area (Å²) in [6.45, 7) is 2.98. The Morgan fingerprint density at radius 3 is 2.62 bits per heavy atom.